The zero-order chi connectivity index (χ0) is 23.6. The minimum Gasteiger partial charge on any atom is -0.386 e. The molecular formula is C25H54NO4S+. The molecule has 0 saturated carbocycles. The number of unbranched alkanes of at least 4 members (excludes halogenated alkanes) is 13. The van der Waals surface area contributed by atoms with E-state index in [1.54, 1.807) is 0 Å². The summed E-state index contributed by atoms with van der Waals surface area (Å²) in [5.41, 5.74) is 0. The van der Waals surface area contributed by atoms with E-state index in [4.69, 9.17) is 4.55 Å². The Bertz CT molecular complexity index is 508. The van der Waals surface area contributed by atoms with E-state index >= 15 is 0 Å². The number of likely N-dealkylation sites (N-methyl/N-ethyl adjacent to an activating group) is 1. The average molecular weight is 465 g/mol. The fourth-order valence-electron chi connectivity index (χ4n) is 4.32. The first-order valence-electron chi connectivity index (χ1n) is 13.0. The van der Waals surface area contributed by atoms with Gasteiger partial charge in [0.05, 0.1) is 20.6 Å². The van der Waals surface area contributed by atoms with Crippen molar-refractivity contribution in [1.82, 2.24) is 0 Å². The lowest BCUT2D eigenvalue weighted by atomic mass is 9.99. The highest BCUT2D eigenvalue weighted by Gasteiger charge is 2.23. The number of nitrogens with zero attached hydrogens (tertiary/aromatic N) is 1. The molecule has 5 nitrogen and oxygen atoms in total. The van der Waals surface area contributed by atoms with Crippen LogP contribution in [0.25, 0.3) is 0 Å². The standard InChI is InChI=1S/C25H53NO4S/c1-5-24(2)20-18-16-14-12-10-8-6-7-9-11-13-15-17-19-21-26(3,4)22-25(27)23-31(28,29)30/h24-25,27H,5-23H2,1-4H3/p+1. The molecule has 0 aliphatic rings. The Morgan fingerprint density at radius 2 is 1.13 bits per heavy atom. The summed E-state index contributed by atoms with van der Waals surface area (Å²) in [6.45, 7) is 5.92. The Morgan fingerprint density at radius 3 is 1.52 bits per heavy atom. The van der Waals surface area contributed by atoms with Crippen LogP contribution < -0.4 is 0 Å². The molecule has 0 radical (unpaired) electrons. The van der Waals surface area contributed by atoms with Crippen LogP contribution in [0.1, 0.15) is 117 Å². The Balaban J connectivity index is 3.41. The molecule has 0 heterocycles. The minimum atomic E-state index is -4.11. The van der Waals surface area contributed by atoms with Crippen LogP contribution in [0.4, 0.5) is 0 Å². The van der Waals surface area contributed by atoms with E-state index in [0.717, 1.165) is 18.9 Å². The zero-order valence-corrected chi connectivity index (χ0v) is 22.0. The summed E-state index contributed by atoms with van der Waals surface area (Å²) >= 11 is 0. The van der Waals surface area contributed by atoms with Crippen LogP contribution >= 0.6 is 0 Å². The molecule has 0 saturated heterocycles. The lowest BCUT2D eigenvalue weighted by Crippen LogP contribution is -2.47. The van der Waals surface area contributed by atoms with Crippen molar-refractivity contribution < 1.29 is 22.6 Å². The largest absolute Gasteiger partial charge is 0.386 e. The van der Waals surface area contributed by atoms with Gasteiger partial charge in [0.15, 0.2) is 0 Å². The van der Waals surface area contributed by atoms with E-state index in [2.05, 4.69) is 13.8 Å². The van der Waals surface area contributed by atoms with Gasteiger partial charge in [-0.05, 0) is 18.8 Å². The molecule has 2 unspecified atom stereocenters. The second kappa shape index (κ2) is 18.3. The molecule has 0 aliphatic carbocycles. The highest BCUT2D eigenvalue weighted by Crippen LogP contribution is 2.16. The summed E-state index contributed by atoms with van der Waals surface area (Å²) in [4.78, 5) is 0. The maximum Gasteiger partial charge on any atom is 0.267 e. The monoisotopic (exact) mass is 464 g/mol. The first-order valence-corrected chi connectivity index (χ1v) is 14.6. The third-order valence-electron chi connectivity index (χ3n) is 6.52. The van der Waals surface area contributed by atoms with Crippen LogP contribution in [0.5, 0.6) is 0 Å². The van der Waals surface area contributed by atoms with Crippen molar-refractivity contribution in [3.05, 3.63) is 0 Å². The molecule has 188 valence electrons. The minimum absolute atomic E-state index is 0.345. The first-order chi connectivity index (χ1) is 14.6. The maximum absolute atomic E-state index is 10.9. The lowest BCUT2D eigenvalue weighted by Gasteiger charge is -2.31. The molecule has 31 heavy (non-hydrogen) atoms. The molecule has 0 rings (SSSR count). The summed E-state index contributed by atoms with van der Waals surface area (Å²) in [7, 11) is -0.110. The Hall–Kier alpha value is -0.170. The van der Waals surface area contributed by atoms with E-state index in [9.17, 15) is 13.5 Å². The molecule has 0 aliphatic heterocycles. The van der Waals surface area contributed by atoms with Crippen LogP contribution in [-0.4, -0.2) is 61.6 Å². The van der Waals surface area contributed by atoms with Crippen LogP contribution in [0.3, 0.4) is 0 Å². The van der Waals surface area contributed by atoms with Crippen molar-refractivity contribution in [2.45, 2.75) is 123 Å². The van der Waals surface area contributed by atoms with Gasteiger partial charge in [0, 0.05) is 0 Å². The average Bonchev–Trinajstić information content (AvgIpc) is 2.65. The number of aliphatic hydroxyl groups excluding tert-OH is 1. The number of aliphatic hydroxyl groups is 1. The summed E-state index contributed by atoms with van der Waals surface area (Å²) in [5, 5.41) is 9.82. The maximum atomic E-state index is 10.9. The van der Waals surface area contributed by atoms with Gasteiger partial charge >= 0.3 is 0 Å². The molecule has 6 heteroatoms. The van der Waals surface area contributed by atoms with Gasteiger partial charge in [0.2, 0.25) is 0 Å². The molecule has 0 bridgehead atoms. The van der Waals surface area contributed by atoms with E-state index in [-0.39, 0.29) is 0 Å². The molecule has 2 N–H and O–H groups in total. The van der Waals surface area contributed by atoms with Gasteiger partial charge in [0.1, 0.15) is 18.4 Å². The fraction of sp³-hybridized carbons (Fsp3) is 1.00. The predicted molar refractivity (Wildman–Crippen MR) is 133 cm³/mol. The van der Waals surface area contributed by atoms with Crippen LogP contribution in [0.2, 0.25) is 0 Å². The number of hydrogen-bond donors (Lipinski definition) is 2. The Labute approximate surface area is 194 Å². The first kappa shape index (κ1) is 30.8. The normalized spacial score (nSPS) is 14.6. The molecular weight excluding hydrogens is 410 g/mol. The van der Waals surface area contributed by atoms with Gasteiger partial charge in [-0.1, -0.05) is 104 Å². The summed E-state index contributed by atoms with van der Waals surface area (Å²) in [6.07, 6.45) is 20.5. The van der Waals surface area contributed by atoms with Crippen LogP contribution in [0.15, 0.2) is 0 Å². The van der Waals surface area contributed by atoms with Gasteiger partial charge in [-0.2, -0.15) is 8.42 Å². The van der Waals surface area contributed by atoms with E-state index in [1.807, 2.05) is 14.1 Å². The highest BCUT2D eigenvalue weighted by atomic mass is 32.2. The molecule has 0 spiro atoms. The van der Waals surface area contributed by atoms with Crippen LogP contribution in [-0.2, 0) is 10.1 Å². The molecule has 0 fully saturated rings. The van der Waals surface area contributed by atoms with Crippen molar-refractivity contribution >= 4 is 10.1 Å². The third kappa shape index (κ3) is 22.8. The summed E-state index contributed by atoms with van der Waals surface area (Å²) in [5.74, 6) is 0.332. The van der Waals surface area contributed by atoms with Gasteiger partial charge in [0.25, 0.3) is 10.1 Å². The van der Waals surface area contributed by atoms with Crippen molar-refractivity contribution in [3.63, 3.8) is 0 Å². The Kier molecular flexibility index (Phi) is 18.2. The van der Waals surface area contributed by atoms with Crippen molar-refractivity contribution in [3.8, 4) is 0 Å². The third-order valence-corrected chi connectivity index (χ3v) is 7.32. The summed E-state index contributed by atoms with van der Waals surface area (Å²) < 4.78 is 31.1. The van der Waals surface area contributed by atoms with Gasteiger partial charge in [-0.25, -0.2) is 0 Å². The van der Waals surface area contributed by atoms with E-state index in [0.29, 0.717) is 11.0 Å². The van der Waals surface area contributed by atoms with Gasteiger partial charge in [-0.3, -0.25) is 4.55 Å². The fourth-order valence-corrected chi connectivity index (χ4v) is 4.91. The van der Waals surface area contributed by atoms with Crippen molar-refractivity contribution in [2.75, 3.05) is 32.9 Å². The zero-order valence-electron chi connectivity index (χ0n) is 21.2. The number of rotatable bonds is 22. The Morgan fingerprint density at radius 1 is 0.742 bits per heavy atom. The molecule has 2 atom stereocenters. The SMILES string of the molecule is CCC(C)CCCCCCCCCCCCCCCC[N+](C)(C)CC(O)CS(=O)(=O)O. The topological polar surface area (TPSA) is 74.6 Å². The quantitative estimate of drug-likeness (QED) is 0.113. The van der Waals surface area contributed by atoms with Gasteiger partial charge in [-0.15, -0.1) is 0 Å². The van der Waals surface area contributed by atoms with Gasteiger partial charge < -0.3 is 9.59 Å². The molecule has 0 aromatic rings. The lowest BCUT2D eigenvalue weighted by molar-refractivity contribution is -0.893. The number of hydrogen-bond acceptors (Lipinski definition) is 3. The molecule has 0 aromatic carbocycles. The van der Waals surface area contributed by atoms with E-state index < -0.39 is 22.0 Å². The second-order valence-electron chi connectivity index (χ2n) is 10.5. The van der Waals surface area contributed by atoms with Crippen molar-refractivity contribution in [2.24, 2.45) is 5.92 Å². The summed E-state index contributed by atoms with van der Waals surface area (Å²) in [6, 6.07) is 0. The molecule has 0 aromatic heterocycles. The second-order valence-corrected chi connectivity index (χ2v) is 12.0. The highest BCUT2D eigenvalue weighted by molar-refractivity contribution is 7.85. The molecule has 0 amide bonds. The van der Waals surface area contributed by atoms with E-state index in [1.165, 1.54) is 96.3 Å². The van der Waals surface area contributed by atoms with Crippen LogP contribution in [0, 0.1) is 5.92 Å². The predicted octanol–water partition coefficient (Wildman–Crippen LogP) is 6.21. The number of quaternary nitrogens is 1. The smallest absolute Gasteiger partial charge is 0.267 e. The van der Waals surface area contributed by atoms with Crippen molar-refractivity contribution in [1.29, 1.82) is 0 Å².